The number of nitrogens with zero attached hydrogens (tertiary/aromatic N) is 3. The summed E-state index contributed by atoms with van der Waals surface area (Å²) in [6.45, 7) is 4.82. The van der Waals surface area contributed by atoms with Gasteiger partial charge in [-0.25, -0.2) is 4.99 Å². The fourth-order valence-electron chi connectivity index (χ4n) is 3.10. The molecule has 1 aromatic heterocycles. The highest BCUT2D eigenvalue weighted by atomic mass is 16.5. The number of rotatable bonds is 9. The molecule has 0 saturated carbocycles. The number of hydrogen-bond acceptors (Lipinski definition) is 4. The van der Waals surface area contributed by atoms with Crippen molar-refractivity contribution in [1.29, 1.82) is 0 Å². The first-order valence-corrected chi connectivity index (χ1v) is 10.00. The van der Waals surface area contributed by atoms with Crippen LogP contribution in [0.15, 0.2) is 65.9 Å². The van der Waals surface area contributed by atoms with Crippen LogP contribution in [0.4, 0.5) is 0 Å². The highest BCUT2D eigenvalue weighted by molar-refractivity contribution is 5.79. The Balaban J connectivity index is 1.63. The second kappa shape index (κ2) is 10.9. The largest absolute Gasteiger partial charge is 0.493 e. The molecule has 0 aliphatic carbocycles. The zero-order valence-corrected chi connectivity index (χ0v) is 17.8. The summed E-state index contributed by atoms with van der Waals surface area (Å²) in [6, 6.07) is 16.2. The molecular weight excluding hydrogens is 378 g/mol. The van der Waals surface area contributed by atoms with E-state index in [2.05, 4.69) is 46.9 Å². The van der Waals surface area contributed by atoms with Crippen LogP contribution in [0.25, 0.3) is 0 Å². The molecule has 0 bridgehead atoms. The molecule has 0 fully saturated rings. The van der Waals surface area contributed by atoms with Crippen LogP contribution in [0.5, 0.6) is 11.5 Å². The molecule has 0 radical (unpaired) electrons. The fraction of sp³-hybridized carbons (Fsp3) is 0.304. The van der Waals surface area contributed by atoms with Crippen LogP contribution in [0, 0.1) is 0 Å². The van der Waals surface area contributed by atoms with Crippen molar-refractivity contribution in [3.8, 4) is 11.5 Å². The highest BCUT2D eigenvalue weighted by Gasteiger charge is 2.06. The van der Waals surface area contributed by atoms with Crippen LogP contribution in [-0.2, 0) is 19.6 Å². The van der Waals surface area contributed by atoms with Crippen LogP contribution >= 0.6 is 0 Å². The first-order valence-electron chi connectivity index (χ1n) is 10.00. The van der Waals surface area contributed by atoms with Gasteiger partial charge in [0, 0.05) is 25.5 Å². The van der Waals surface area contributed by atoms with E-state index >= 15 is 0 Å². The van der Waals surface area contributed by atoms with Gasteiger partial charge in [0.05, 0.1) is 27.3 Å². The molecule has 1 heterocycles. The topological polar surface area (TPSA) is 72.7 Å². The number of benzene rings is 2. The van der Waals surface area contributed by atoms with E-state index in [1.807, 2.05) is 35.1 Å². The van der Waals surface area contributed by atoms with Gasteiger partial charge in [0.15, 0.2) is 17.5 Å². The fourth-order valence-corrected chi connectivity index (χ4v) is 3.10. The van der Waals surface area contributed by atoms with E-state index in [1.54, 1.807) is 20.4 Å². The molecule has 0 saturated heterocycles. The second-order valence-electron chi connectivity index (χ2n) is 6.76. The van der Waals surface area contributed by atoms with Gasteiger partial charge < -0.3 is 20.1 Å². The molecule has 3 aromatic rings. The van der Waals surface area contributed by atoms with Gasteiger partial charge in [0.1, 0.15) is 0 Å². The number of aliphatic imine (C=N–C) groups is 1. The van der Waals surface area contributed by atoms with Gasteiger partial charge >= 0.3 is 0 Å². The quantitative estimate of drug-likeness (QED) is 0.421. The molecule has 7 heteroatoms. The Morgan fingerprint density at radius 1 is 0.967 bits per heavy atom. The maximum Gasteiger partial charge on any atom is 0.191 e. The minimum atomic E-state index is 0.591. The van der Waals surface area contributed by atoms with E-state index in [0.29, 0.717) is 18.8 Å². The number of hydrogen-bond donors (Lipinski definition) is 2. The Hall–Kier alpha value is -3.48. The molecule has 3 rings (SSSR count). The van der Waals surface area contributed by atoms with Crippen molar-refractivity contribution in [3.05, 3.63) is 77.6 Å². The van der Waals surface area contributed by atoms with E-state index < -0.39 is 0 Å². The van der Waals surface area contributed by atoms with Gasteiger partial charge in [0.2, 0.25) is 0 Å². The van der Waals surface area contributed by atoms with Crippen LogP contribution in [0.1, 0.15) is 23.6 Å². The van der Waals surface area contributed by atoms with Crippen LogP contribution in [0.2, 0.25) is 0 Å². The standard InChI is InChI=1S/C23H29N5O2/c1-4-24-23(26-16-19-9-10-21(29-2)22(14-19)30-3)25-15-18-7-5-8-20(13-18)17-28-12-6-11-27-28/h5-14H,4,15-17H2,1-3H3,(H2,24,25,26). The van der Waals surface area contributed by atoms with Crippen LogP contribution in [-0.4, -0.2) is 36.5 Å². The van der Waals surface area contributed by atoms with E-state index in [1.165, 1.54) is 5.56 Å². The third-order valence-electron chi connectivity index (χ3n) is 4.57. The number of ether oxygens (including phenoxy) is 2. The molecule has 158 valence electrons. The first kappa shape index (κ1) is 21.2. The van der Waals surface area contributed by atoms with Gasteiger partial charge in [-0.1, -0.05) is 30.3 Å². The van der Waals surface area contributed by atoms with Crippen molar-refractivity contribution < 1.29 is 9.47 Å². The highest BCUT2D eigenvalue weighted by Crippen LogP contribution is 2.27. The predicted molar refractivity (Wildman–Crippen MR) is 119 cm³/mol. The second-order valence-corrected chi connectivity index (χ2v) is 6.76. The molecule has 0 atom stereocenters. The number of nitrogens with one attached hydrogen (secondary N) is 2. The summed E-state index contributed by atoms with van der Waals surface area (Å²) < 4.78 is 12.6. The van der Waals surface area contributed by atoms with Crippen molar-refractivity contribution in [3.63, 3.8) is 0 Å². The third kappa shape index (κ3) is 6.01. The Kier molecular flexibility index (Phi) is 7.71. The SMILES string of the molecule is CCNC(=NCc1cccc(Cn2cccn2)c1)NCc1ccc(OC)c(OC)c1. The summed E-state index contributed by atoms with van der Waals surface area (Å²) in [7, 11) is 3.27. The smallest absolute Gasteiger partial charge is 0.191 e. The average molecular weight is 408 g/mol. The summed E-state index contributed by atoms with van der Waals surface area (Å²) in [6.07, 6.45) is 3.76. The van der Waals surface area contributed by atoms with Gasteiger partial charge in [0.25, 0.3) is 0 Å². The molecule has 0 aliphatic rings. The minimum Gasteiger partial charge on any atom is -0.493 e. The van der Waals surface area contributed by atoms with E-state index in [4.69, 9.17) is 14.5 Å². The molecule has 0 spiro atoms. The van der Waals surface area contributed by atoms with Gasteiger partial charge in [-0.3, -0.25) is 4.68 Å². The zero-order chi connectivity index (χ0) is 21.2. The average Bonchev–Trinajstić information content (AvgIpc) is 3.28. The maximum atomic E-state index is 5.38. The van der Waals surface area contributed by atoms with Gasteiger partial charge in [-0.05, 0) is 41.8 Å². The molecule has 30 heavy (non-hydrogen) atoms. The molecule has 2 aromatic carbocycles. The minimum absolute atomic E-state index is 0.591. The third-order valence-corrected chi connectivity index (χ3v) is 4.57. The monoisotopic (exact) mass is 407 g/mol. The lowest BCUT2D eigenvalue weighted by Gasteiger charge is -2.13. The predicted octanol–water partition coefficient (Wildman–Crippen LogP) is 3.20. The Bertz CT molecular complexity index is 954. The summed E-state index contributed by atoms with van der Waals surface area (Å²) in [5, 5.41) is 10.9. The first-order chi connectivity index (χ1) is 14.7. The summed E-state index contributed by atoms with van der Waals surface area (Å²) >= 11 is 0. The van der Waals surface area contributed by atoms with Gasteiger partial charge in [-0.15, -0.1) is 0 Å². The lowest BCUT2D eigenvalue weighted by Crippen LogP contribution is -2.36. The molecule has 0 amide bonds. The Morgan fingerprint density at radius 2 is 1.80 bits per heavy atom. The molecule has 0 aliphatic heterocycles. The molecule has 2 N–H and O–H groups in total. The molecule has 0 unspecified atom stereocenters. The normalized spacial score (nSPS) is 11.2. The van der Waals surface area contributed by atoms with E-state index in [9.17, 15) is 0 Å². The summed E-state index contributed by atoms with van der Waals surface area (Å²) in [4.78, 5) is 4.73. The van der Waals surface area contributed by atoms with Crippen molar-refractivity contribution in [2.24, 2.45) is 4.99 Å². The van der Waals surface area contributed by atoms with E-state index in [0.717, 1.165) is 35.9 Å². The van der Waals surface area contributed by atoms with Crippen molar-refractivity contribution in [2.75, 3.05) is 20.8 Å². The van der Waals surface area contributed by atoms with Crippen LogP contribution < -0.4 is 20.1 Å². The van der Waals surface area contributed by atoms with Gasteiger partial charge in [-0.2, -0.15) is 5.10 Å². The van der Waals surface area contributed by atoms with Crippen molar-refractivity contribution in [2.45, 2.75) is 26.6 Å². The maximum absolute atomic E-state index is 5.38. The lowest BCUT2D eigenvalue weighted by atomic mass is 10.1. The Morgan fingerprint density at radius 3 is 2.53 bits per heavy atom. The van der Waals surface area contributed by atoms with E-state index in [-0.39, 0.29) is 0 Å². The number of guanidine groups is 1. The Labute approximate surface area is 177 Å². The lowest BCUT2D eigenvalue weighted by molar-refractivity contribution is 0.354. The summed E-state index contributed by atoms with van der Waals surface area (Å²) in [5.74, 6) is 2.20. The molecular formula is C23H29N5O2. The number of methoxy groups -OCH3 is 2. The zero-order valence-electron chi connectivity index (χ0n) is 17.8. The number of aromatic nitrogens is 2. The van der Waals surface area contributed by atoms with Crippen molar-refractivity contribution in [1.82, 2.24) is 20.4 Å². The summed E-state index contributed by atoms with van der Waals surface area (Å²) in [5.41, 5.74) is 3.44. The molecule has 7 nitrogen and oxygen atoms in total. The van der Waals surface area contributed by atoms with Crippen molar-refractivity contribution >= 4 is 5.96 Å². The van der Waals surface area contributed by atoms with Crippen LogP contribution in [0.3, 0.4) is 0 Å².